The van der Waals surface area contributed by atoms with Crippen molar-refractivity contribution in [1.29, 1.82) is 0 Å². The molecule has 0 aliphatic carbocycles. The van der Waals surface area contributed by atoms with Crippen molar-refractivity contribution in [2.24, 2.45) is 0 Å². The first kappa shape index (κ1) is 19.1. The average molecular weight is 395 g/mol. The Balaban J connectivity index is 1.97. The Morgan fingerprint density at radius 3 is 2.34 bits per heavy atom. The number of aryl methyl sites for hydroxylation is 1. The van der Waals surface area contributed by atoms with Crippen LogP contribution in [0.15, 0.2) is 47.4 Å². The number of carbonyl (C=O) groups is 1. The van der Waals surface area contributed by atoms with Gasteiger partial charge in [0.2, 0.25) is 5.43 Å². The Morgan fingerprint density at radius 1 is 1.07 bits per heavy atom. The van der Waals surface area contributed by atoms with Crippen LogP contribution in [0.2, 0.25) is 0 Å². The van der Waals surface area contributed by atoms with Gasteiger partial charge in [0.15, 0.2) is 0 Å². The van der Waals surface area contributed by atoms with Crippen molar-refractivity contribution < 1.29 is 14.3 Å². The van der Waals surface area contributed by atoms with Crippen molar-refractivity contribution in [2.75, 3.05) is 38.1 Å². The van der Waals surface area contributed by atoms with Crippen LogP contribution in [0.4, 0.5) is 10.1 Å². The Kier molecular flexibility index (Phi) is 4.84. The Morgan fingerprint density at radius 2 is 1.72 bits per heavy atom. The molecule has 1 saturated heterocycles. The molecule has 4 rings (SSSR count). The van der Waals surface area contributed by atoms with Crippen LogP contribution >= 0.6 is 0 Å². The number of anilines is 1. The van der Waals surface area contributed by atoms with E-state index in [9.17, 15) is 19.1 Å². The standard InChI is InChI=1S/C22H22FN3O3/c1-14-3-5-15(6-4-14)26-13-17(22(28)29)21(27)16-11-18(23)20(12-19(16)26)25-9-7-24(2)8-10-25/h3-6,11-13H,7-10H2,1-2H3,(H,28,29). The first-order valence-electron chi connectivity index (χ1n) is 9.48. The lowest BCUT2D eigenvalue weighted by Gasteiger charge is -2.34. The van der Waals surface area contributed by atoms with Crippen LogP contribution in [0.5, 0.6) is 0 Å². The van der Waals surface area contributed by atoms with Crippen molar-refractivity contribution in [3.05, 3.63) is 69.8 Å². The highest BCUT2D eigenvalue weighted by atomic mass is 19.1. The molecule has 0 spiro atoms. The van der Waals surface area contributed by atoms with Crippen molar-refractivity contribution in [2.45, 2.75) is 6.92 Å². The lowest BCUT2D eigenvalue weighted by atomic mass is 10.1. The summed E-state index contributed by atoms with van der Waals surface area (Å²) in [5, 5.41) is 9.53. The van der Waals surface area contributed by atoms with E-state index in [-0.39, 0.29) is 10.9 Å². The monoisotopic (exact) mass is 395 g/mol. The molecule has 6 nitrogen and oxygen atoms in total. The second-order valence-electron chi connectivity index (χ2n) is 7.49. The van der Waals surface area contributed by atoms with Gasteiger partial charge in [0.25, 0.3) is 0 Å². The van der Waals surface area contributed by atoms with Crippen molar-refractivity contribution in [3.63, 3.8) is 0 Å². The summed E-state index contributed by atoms with van der Waals surface area (Å²) >= 11 is 0. The van der Waals surface area contributed by atoms with Crippen LogP contribution in [0.3, 0.4) is 0 Å². The Labute approximate surface area is 167 Å². The van der Waals surface area contributed by atoms with Crippen molar-refractivity contribution >= 4 is 22.6 Å². The maximum atomic E-state index is 15.0. The molecule has 0 amide bonds. The summed E-state index contributed by atoms with van der Waals surface area (Å²) < 4.78 is 16.6. The van der Waals surface area contributed by atoms with Crippen LogP contribution in [0.1, 0.15) is 15.9 Å². The van der Waals surface area contributed by atoms with Gasteiger partial charge < -0.3 is 19.5 Å². The number of aromatic carboxylic acids is 1. The van der Waals surface area contributed by atoms with Crippen LogP contribution < -0.4 is 10.3 Å². The maximum Gasteiger partial charge on any atom is 0.341 e. The highest BCUT2D eigenvalue weighted by Crippen LogP contribution is 2.28. The number of nitrogens with zero attached hydrogens (tertiary/aromatic N) is 3. The number of aromatic nitrogens is 1. The summed E-state index contributed by atoms with van der Waals surface area (Å²) in [6.45, 7) is 4.96. The number of halogens is 1. The van der Waals surface area contributed by atoms with Crippen LogP contribution in [-0.4, -0.2) is 53.8 Å². The second-order valence-corrected chi connectivity index (χ2v) is 7.49. The van der Waals surface area contributed by atoms with E-state index in [0.29, 0.717) is 30.0 Å². The molecule has 2 heterocycles. The molecule has 0 unspecified atom stereocenters. The van der Waals surface area contributed by atoms with Gasteiger partial charge in [-0.2, -0.15) is 0 Å². The summed E-state index contributed by atoms with van der Waals surface area (Å²) in [7, 11) is 2.02. The number of likely N-dealkylation sites (N-methyl/N-ethyl adjacent to an activating group) is 1. The molecule has 0 bridgehead atoms. The zero-order valence-electron chi connectivity index (χ0n) is 16.4. The minimum absolute atomic E-state index is 0.0563. The minimum atomic E-state index is -1.33. The Hall–Kier alpha value is -3.19. The molecule has 150 valence electrons. The normalized spacial score (nSPS) is 15.1. The fraction of sp³-hybridized carbons (Fsp3) is 0.273. The number of fused-ring (bicyclic) bond motifs is 1. The third-order valence-corrected chi connectivity index (χ3v) is 5.46. The SMILES string of the molecule is Cc1ccc(-n2cc(C(=O)O)c(=O)c3cc(F)c(N4CCN(C)CC4)cc32)cc1. The molecule has 1 aromatic heterocycles. The van der Waals surface area contributed by atoms with Gasteiger partial charge >= 0.3 is 5.97 Å². The summed E-state index contributed by atoms with van der Waals surface area (Å²) in [4.78, 5) is 28.5. The molecule has 1 aliphatic rings. The topological polar surface area (TPSA) is 65.8 Å². The zero-order chi connectivity index (χ0) is 20.7. The molecule has 7 heteroatoms. The van der Waals surface area contributed by atoms with E-state index in [1.165, 1.54) is 12.3 Å². The second kappa shape index (κ2) is 7.33. The molecule has 1 N–H and O–H groups in total. The molecule has 29 heavy (non-hydrogen) atoms. The van der Waals surface area contributed by atoms with Gasteiger partial charge in [-0.3, -0.25) is 4.79 Å². The number of carboxylic acid groups (broad SMARTS) is 1. The number of piperazine rings is 1. The van der Waals surface area contributed by atoms with E-state index >= 15 is 0 Å². The summed E-state index contributed by atoms with van der Waals surface area (Å²) in [6.07, 6.45) is 1.32. The molecule has 0 radical (unpaired) electrons. The first-order valence-corrected chi connectivity index (χ1v) is 9.48. The van der Waals surface area contributed by atoms with Gasteiger partial charge in [0, 0.05) is 43.4 Å². The predicted octanol–water partition coefficient (Wildman–Crippen LogP) is 2.89. The number of pyridine rings is 1. The molecule has 1 fully saturated rings. The zero-order valence-corrected chi connectivity index (χ0v) is 16.4. The molecule has 0 saturated carbocycles. The number of hydrogen-bond donors (Lipinski definition) is 1. The van der Waals surface area contributed by atoms with Crippen molar-refractivity contribution in [1.82, 2.24) is 9.47 Å². The maximum absolute atomic E-state index is 15.0. The number of carboxylic acids is 1. The predicted molar refractivity (Wildman–Crippen MR) is 111 cm³/mol. The molecule has 1 aliphatic heterocycles. The molecule has 2 aromatic carbocycles. The van der Waals surface area contributed by atoms with E-state index in [0.717, 1.165) is 18.7 Å². The molecule has 0 atom stereocenters. The number of benzene rings is 2. The first-order chi connectivity index (χ1) is 13.8. The van der Waals surface area contributed by atoms with Gasteiger partial charge in [0.1, 0.15) is 11.4 Å². The minimum Gasteiger partial charge on any atom is -0.477 e. The van der Waals surface area contributed by atoms with Gasteiger partial charge in [-0.15, -0.1) is 0 Å². The van der Waals surface area contributed by atoms with Crippen LogP contribution in [0, 0.1) is 12.7 Å². The summed E-state index contributed by atoms with van der Waals surface area (Å²) in [5.74, 6) is -1.85. The molecular weight excluding hydrogens is 373 g/mol. The number of hydrogen-bond acceptors (Lipinski definition) is 4. The smallest absolute Gasteiger partial charge is 0.341 e. The van der Waals surface area contributed by atoms with Crippen molar-refractivity contribution in [3.8, 4) is 5.69 Å². The summed E-state index contributed by atoms with van der Waals surface area (Å²) in [6, 6.07) is 10.3. The van der Waals surface area contributed by atoms with Crippen LogP contribution in [-0.2, 0) is 0 Å². The fourth-order valence-corrected chi connectivity index (χ4v) is 3.70. The third kappa shape index (κ3) is 3.49. The molecular formula is C22H22FN3O3. The summed E-state index contributed by atoms with van der Waals surface area (Å²) in [5.41, 5.74) is 1.61. The largest absolute Gasteiger partial charge is 0.477 e. The average Bonchev–Trinajstić information content (AvgIpc) is 2.70. The molecule has 3 aromatic rings. The van der Waals surface area contributed by atoms with Crippen LogP contribution in [0.25, 0.3) is 16.6 Å². The lowest BCUT2D eigenvalue weighted by molar-refractivity contribution is 0.0695. The van der Waals surface area contributed by atoms with E-state index in [2.05, 4.69) is 4.90 Å². The number of rotatable bonds is 3. The van der Waals surface area contributed by atoms with Gasteiger partial charge in [-0.1, -0.05) is 17.7 Å². The lowest BCUT2D eigenvalue weighted by Crippen LogP contribution is -2.44. The van der Waals surface area contributed by atoms with Gasteiger partial charge in [0.05, 0.1) is 11.2 Å². The highest BCUT2D eigenvalue weighted by Gasteiger charge is 2.22. The van der Waals surface area contributed by atoms with Gasteiger partial charge in [-0.05, 0) is 38.2 Å². The quantitative estimate of drug-likeness (QED) is 0.739. The van der Waals surface area contributed by atoms with E-state index in [1.807, 2.05) is 43.1 Å². The van der Waals surface area contributed by atoms with E-state index in [1.54, 1.807) is 10.6 Å². The van der Waals surface area contributed by atoms with E-state index < -0.39 is 17.2 Å². The third-order valence-electron chi connectivity index (χ3n) is 5.46. The van der Waals surface area contributed by atoms with E-state index in [4.69, 9.17) is 0 Å². The highest BCUT2D eigenvalue weighted by molar-refractivity contribution is 5.94. The Bertz CT molecular complexity index is 1150. The van der Waals surface area contributed by atoms with Gasteiger partial charge in [-0.25, -0.2) is 9.18 Å². The fourth-order valence-electron chi connectivity index (χ4n) is 3.70.